The van der Waals surface area contributed by atoms with E-state index in [4.69, 9.17) is 0 Å². The van der Waals surface area contributed by atoms with Crippen LogP contribution in [0.1, 0.15) is 31.0 Å². The summed E-state index contributed by atoms with van der Waals surface area (Å²) in [5.74, 6) is -2.15. The van der Waals surface area contributed by atoms with Gasteiger partial charge in [0.15, 0.2) is 0 Å². The molecular weight excluding hydrogens is 373 g/mol. The largest absolute Gasteiger partial charge is 0.507 e. The molecule has 1 fully saturated rings. The van der Waals surface area contributed by atoms with Crippen LogP contribution in [0.3, 0.4) is 0 Å². The molecule has 1 amide bonds. The summed E-state index contributed by atoms with van der Waals surface area (Å²) >= 11 is 0. The number of aromatic nitrogens is 1. The van der Waals surface area contributed by atoms with Crippen LogP contribution in [0, 0.1) is 5.82 Å². The number of aliphatic hydroxyl groups excluding tert-OH is 1. The molecule has 0 unspecified atom stereocenters. The molecule has 1 saturated heterocycles. The molecule has 2 aromatic rings. The molecule has 0 spiro atoms. The highest BCUT2D eigenvalue weighted by Crippen LogP contribution is 2.39. The highest BCUT2D eigenvalue weighted by molar-refractivity contribution is 6.46. The van der Waals surface area contributed by atoms with Crippen LogP contribution in [0.4, 0.5) is 4.39 Å². The van der Waals surface area contributed by atoms with Gasteiger partial charge in [0, 0.05) is 31.0 Å². The van der Waals surface area contributed by atoms with Crippen LogP contribution in [-0.2, 0) is 9.59 Å². The van der Waals surface area contributed by atoms with Crippen LogP contribution in [0.2, 0.25) is 0 Å². The number of aliphatic hydroxyl groups is 1. The summed E-state index contributed by atoms with van der Waals surface area (Å²) in [6, 6.07) is 7.89. The van der Waals surface area contributed by atoms with E-state index in [0.29, 0.717) is 18.7 Å². The average molecular weight is 397 g/mol. The third-order valence-electron chi connectivity index (χ3n) is 5.23. The van der Waals surface area contributed by atoms with Crippen molar-refractivity contribution in [2.45, 2.75) is 19.9 Å². The first-order chi connectivity index (χ1) is 14.0. The van der Waals surface area contributed by atoms with Crippen LogP contribution < -0.4 is 0 Å². The quantitative estimate of drug-likeness (QED) is 0.442. The van der Waals surface area contributed by atoms with Gasteiger partial charge in [0.25, 0.3) is 11.7 Å². The molecule has 2 heterocycles. The predicted molar refractivity (Wildman–Crippen MR) is 107 cm³/mol. The molecule has 7 heteroatoms. The van der Waals surface area contributed by atoms with Crippen molar-refractivity contribution in [3.05, 3.63) is 71.3 Å². The molecule has 0 radical (unpaired) electrons. The Labute approximate surface area is 169 Å². The van der Waals surface area contributed by atoms with Crippen molar-refractivity contribution in [2.75, 3.05) is 26.2 Å². The fraction of sp³-hybridized carbons (Fsp3) is 0.318. The molecule has 152 valence electrons. The lowest BCUT2D eigenvalue weighted by atomic mass is 9.96. The number of pyridine rings is 1. The first kappa shape index (κ1) is 20.7. The van der Waals surface area contributed by atoms with Crippen LogP contribution >= 0.6 is 0 Å². The van der Waals surface area contributed by atoms with Crippen molar-refractivity contribution in [2.24, 2.45) is 0 Å². The highest BCUT2D eigenvalue weighted by Gasteiger charge is 2.45. The van der Waals surface area contributed by atoms with E-state index < -0.39 is 23.5 Å². The number of halogens is 1. The maximum atomic E-state index is 13.3. The Morgan fingerprint density at radius 2 is 1.72 bits per heavy atom. The first-order valence-corrected chi connectivity index (χ1v) is 9.64. The third kappa shape index (κ3) is 4.19. The van der Waals surface area contributed by atoms with Crippen molar-refractivity contribution in [3.8, 4) is 0 Å². The fourth-order valence-electron chi connectivity index (χ4n) is 3.56. The van der Waals surface area contributed by atoms with Crippen LogP contribution in [-0.4, -0.2) is 57.8 Å². The van der Waals surface area contributed by atoms with Crippen LogP contribution in [0.5, 0.6) is 0 Å². The number of rotatable bonds is 7. The fourth-order valence-corrected chi connectivity index (χ4v) is 3.56. The molecule has 3 rings (SSSR count). The number of Topliss-reactive ketones (excluding diaryl/α,β-unsaturated/α-hetero) is 1. The number of hydrogen-bond acceptors (Lipinski definition) is 5. The van der Waals surface area contributed by atoms with Crippen LogP contribution in [0.15, 0.2) is 54.4 Å². The Morgan fingerprint density at radius 3 is 2.31 bits per heavy atom. The molecule has 0 saturated carbocycles. The monoisotopic (exact) mass is 397 g/mol. The Hall–Kier alpha value is -3.06. The van der Waals surface area contributed by atoms with Gasteiger partial charge in [-0.2, -0.15) is 0 Å². The Bertz CT molecular complexity index is 909. The van der Waals surface area contributed by atoms with Gasteiger partial charge in [0.2, 0.25) is 0 Å². The molecule has 1 aromatic carbocycles. The zero-order valence-corrected chi connectivity index (χ0v) is 16.5. The number of amides is 1. The molecule has 1 atom stereocenters. The number of benzene rings is 1. The molecule has 29 heavy (non-hydrogen) atoms. The van der Waals surface area contributed by atoms with E-state index in [2.05, 4.69) is 9.88 Å². The number of ketones is 1. The van der Waals surface area contributed by atoms with E-state index in [1.54, 1.807) is 24.5 Å². The van der Waals surface area contributed by atoms with Crippen molar-refractivity contribution in [1.29, 1.82) is 0 Å². The molecule has 1 aliphatic rings. The Balaban J connectivity index is 2.06. The van der Waals surface area contributed by atoms with Gasteiger partial charge in [-0.1, -0.05) is 13.8 Å². The molecule has 0 aliphatic carbocycles. The molecule has 1 aliphatic heterocycles. The number of nitrogens with zero attached hydrogens (tertiary/aromatic N) is 3. The van der Waals surface area contributed by atoms with Gasteiger partial charge in [0.05, 0.1) is 11.6 Å². The van der Waals surface area contributed by atoms with Gasteiger partial charge in [-0.15, -0.1) is 0 Å². The summed E-state index contributed by atoms with van der Waals surface area (Å²) in [6.45, 7) is 6.68. The number of hydrogen-bond donors (Lipinski definition) is 1. The Kier molecular flexibility index (Phi) is 6.39. The SMILES string of the molecule is CCN(CC)CCN1C(=O)C(=O)/C(=C(\O)c2ccc(F)cc2)[C@H]1c1ccncc1. The van der Waals surface area contributed by atoms with Gasteiger partial charge in [-0.3, -0.25) is 14.6 Å². The minimum absolute atomic E-state index is 0.00681. The molecular formula is C22H24FN3O3. The highest BCUT2D eigenvalue weighted by atomic mass is 19.1. The lowest BCUT2D eigenvalue weighted by Crippen LogP contribution is -2.38. The normalized spacial score (nSPS) is 18.6. The van der Waals surface area contributed by atoms with E-state index in [0.717, 1.165) is 13.1 Å². The summed E-state index contributed by atoms with van der Waals surface area (Å²) in [4.78, 5) is 33.3. The number of likely N-dealkylation sites (tertiary alicyclic amines) is 1. The molecule has 6 nitrogen and oxygen atoms in total. The maximum Gasteiger partial charge on any atom is 0.295 e. The van der Waals surface area contributed by atoms with Gasteiger partial charge in [-0.25, -0.2) is 4.39 Å². The summed E-state index contributed by atoms with van der Waals surface area (Å²) in [5.41, 5.74) is 0.974. The second kappa shape index (κ2) is 8.96. The summed E-state index contributed by atoms with van der Waals surface area (Å²) in [7, 11) is 0. The van der Waals surface area contributed by atoms with Gasteiger partial charge in [0.1, 0.15) is 11.6 Å². The zero-order valence-electron chi connectivity index (χ0n) is 16.5. The van der Waals surface area contributed by atoms with Gasteiger partial charge in [-0.05, 0) is 55.1 Å². The minimum atomic E-state index is -0.742. The summed E-state index contributed by atoms with van der Waals surface area (Å²) in [5, 5.41) is 10.9. The number of likely N-dealkylation sites (N-methyl/N-ethyl adjacent to an activating group) is 1. The van der Waals surface area contributed by atoms with E-state index in [1.165, 1.54) is 29.2 Å². The minimum Gasteiger partial charge on any atom is -0.507 e. The number of carbonyl (C=O) groups excluding carboxylic acids is 2. The molecule has 1 aromatic heterocycles. The third-order valence-corrected chi connectivity index (χ3v) is 5.23. The van der Waals surface area contributed by atoms with Crippen molar-refractivity contribution < 1.29 is 19.1 Å². The standard InChI is InChI=1S/C22H24FN3O3/c1-3-25(4-2)13-14-26-19(15-9-11-24-12-10-15)18(21(28)22(26)29)20(27)16-5-7-17(23)8-6-16/h5-12,19,27H,3-4,13-14H2,1-2H3/b20-18-/t19-/m1/s1. The van der Waals surface area contributed by atoms with Crippen molar-refractivity contribution in [3.63, 3.8) is 0 Å². The Morgan fingerprint density at radius 1 is 1.10 bits per heavy atom. The van der Waals surface area contributed by atoms with E-state index >= 15 is 0 Å². The molecule has 1 N–H and O–H groups in total. The van der Waals surface area contributed by atoms with E-state index in [9.17, 15) is 19.1 Å². The smallest absolute Gasteiger partial charge is 0.295 e. The topological polar surface area (TPSA) is 73.7 Å². The predicted octanol–water partition coefficient (Wildman–Crippen LogP) is 2.98. The molecule has 0 bridgehead atoms. The summed E-state index contributed by atoms with van der Waals surface area (Å²) in [6.07, 6.45) is 3.16. The van der Waals surface area contributed by atoms with Gasteiger partial charge < -0.3 is 14.9 Å². The van der Waals surface area contributed by atoms with Gasteiger partial charge >= 0.3 is 0 Å². The summed E-state index contributed by atoms with van der Waals surface area (Å²) < 4.78 is 13.3. The average Bonchev–Trinajstić information content (AvgIpc) is 3.00. The van der Waals surface area contributed by atoms with Crippen molar-refractivity contribution in [1.82, 2.24) is 14.8 Å². The zero-order chi connectivity index (χ0) is 21.0. The first-order valence-electron chi connectivity index (χ1n) is 9.64. The number of carbonyl (C=O) groups is 2. The second-order valence-corrected chi connectivity index (χ2v) is 6.81. The maximum absolute atomic E-state index is 13.3. The van der Waals surface area contributed by atoms with E-state index in [-0.39, 0.29) is 16.9 Å². The second-order valence-electron chi connectivity index (χ2n) is 6.81. The van der Waals surface area contributed by atoms with E-state index in [1.807, 2.05) is 13.8 Å². The van der Waals surface area contributed by atoms with Crippen molar-refractivity contribution >= 4 is 17.4 Å². The lowest BCUT2D eigenvalue weighted by Gasteiger charge is -2.28. The lowest BCUT2D eigenvalue weighted by molar-refractivity contribution is -0.140. The van der Waals surface area contributed by atoms with Crippen LogP contribution in [0.25, 0.3) is 5.76 Å².